The van der Waals surface area contributed by atoms with Crippen LogP contribution >= 0.6 is 0 Å². The number of nitrogens with one attached hydrogen (secondary N) is 1. The van der Waals surface area contributed by atoms with Gasteiger partial charge in [0.2, 0.25) is 0 Å². The number of hydrogen-bond donors (Lipinski definition) is 1. The van der Waals surface area contributed by atoms with Crippen LogP contribution < -0.4 is 5.32 Å². The van der Waals surface area contributed by atoms with Crippen molar-refractivity contribution < 1.29 is 4.74 Å². The predicted octanol–water partition coefficient (Wildman–Crippen LogP) is 1.02. The lowest BCUT2D eigenvalue weighted by Gasteiger charge is -2.37. The van der Waals surface area contributed by atoms with Crippen molar-refractivity contribution in [3.8, 4) is 0 Å². The molecule has 0 unspecified atom stereocenters. The molecule has 0 aromatic heterocycles. The summed E-state index contributed by atoms with van der Waals surface area (Å²) in [5.74, 6) is 0. The first-order valence-corrected chi connectivity index (χ1v) is 4.20. The maximum Gasteiger partial charge on any atom is 0.0547 e. The fourth-order valence-electron chi connectivity index (χ4n) is 1.41. The summed E-state index contributed by atoms with van der Waals surface area (Å²) >= 11 is 0. The lowest BCUT2D eigenvalue weighted by atomic mass is 9.81. The third-order valence-corrected chi connectivity index (χ3v) is 2.18. The summed E-state index contributed by atoms with van der Waals surface area (Å²) in [6, 6.07) is 0. The Morgan fingerprint density at radius 1 is 1.30 bits per heavy atom. The van der Waals surface area contributed by atoms with E-state index in [1.54, 1.807) is 0 Å². The van der Waals surface area contributed by atoms with E-state index in [2.05, 4.69) is 5.32 Å². The van der Waals surface area contributed by atoms with Gasteiger partial charge in [0.15, 0.2) is 0 Å². The Balaban J connectivity index is 0.000000231. The first-order chi connectivity index (χ1) is 4.91. The molecule has 1 spiro atoms. The summed E-state index contributed by atoms with van der Waals surface area (Å²) < 4.78 is 5.26. The van der Waals surface area contributed by atoms with Gasteiger partial charge in [0, 0.05) is 25.1 Å². The Bertz CT molecular complexity index is 91.4. The van der Waals surface area contributed by atoms with E-state index in [1.165, 1.54) is 19.5 Å². The van der Waals surface area contributed by atoms with Gasteiger partial charge in [0.25, 0.3) is 0 Å². The van der Waals surface area contributed by atoms with Crippen LogP contribution in [0.25, 0.3) is 0 Å². The molecule has 60 valence electrons. The van der Waals surface area contributed by atoms with Crippen molar-refractivity contribution in [2.75, 3.05) is 26.3 Å². The second-order valence-corrected chi connectivity index (χ2v) is 2.91. The molecule has 0 aliphatic carbocycles. The molecule has 0 aromatic rings. The highest BCUT2D eigenvalue weighted by atomic mass is 16.5. The zero-order chi connectivity index (χ0) is 7.45. The van der Waals surface area contributed by atoms with E-state index in [0.717, 1.165) is 13.2 Å². The number of ether oxygens (including phenoxy) is 1. The standard InChI is InChI=1S/C6H11NO.C2H6/c1-2-8-5-6(1)3-7-4-6;1-2/h7H,1-5H2;1-2H3. The maximum atomic E-state index is 5.26. The molecule has 0 amide bonds. The summed E-state index contributed by atoms with van der Waals surface area (Å²) in [7, 11) is 0. The lowest BCUT2D eigenvalue weighted by molar-refractivity contribution is 0.112. The second kappa shape index (κ2) is 3.35. The minimum atomic E-state index is 0.583. The van der Waals surface area contributed by atoms with E-state index in [4.69, 9.17) is 4.74 Å². The first kappa shape index (κ1) is 8.02. The van der Waals surface area contributed by atoms with Crippen molar-refractivity contribution in [1.29, 1.82) is 0 Å². The molecule has 2 heterocycles. The van der Waals surface area contributed by atoms with Crippen LogP contribution in [0.1, 0.15) is 20.3 Å². The minimum Gasteiger partial charge on any atom is -0.381 e. The SMILES string of the molecule is C1CC2(CNC2)CO1.CC. The number of hydrogen-bond acceptors (Lipinski definition) is 2. The highest BCUT2D eigenvalue weighted by Gasteiger charge is 2.40. The Morgan fingerprint density at radius 2 is 2.00 bits per heavy atom. The van der Waals surface area contributed by atoms with E-state index >= 15 is 0 Å². The van der Waals surface area contributed by atoms with Crippen LogP contribution in [-0.4, -0.2) is 26.3 Å². The van der Waals surface area contributed by atoms with Crippen molar-refractivity contribution in [2.45, 2.75) is 20.3 Å². The van der Waals surface area contributed by atoms with E-state index in [1.807, 2.05) is 13.8 Å². The van der Waals surface area contributed by atoms with Gasteiger partial charge in [-0.2, -0.15) is 0 Å². The van der Waals surface area contributed by atoms with Gasteiger partial charge in [-0.1, -0.05) is 13.8 Å². The van der Waals surface area contributed by atoms with Gasteiger partial charge < -0.3 is 10.1 Å². The molecular weight excluding hydrogens is 126 g/mol. The fraction of sp³-hybridized carbons (Fsp3) is 1.00. The van der Waals surface area contributed by atoms with Crippen LogP contribution in [0.5, 0.6) is 0 Å². The van der Waals surface area contributed by atoms with Gasteiger partial charge in [-0.05, 0) is 6.42 Å². The zero-order valence-corrected chi connectivity index (χ0v) is 6.94. The summed E-state index contributed by atoms with van der Waals surface area (Å²) in [6.07, 6.45) is 1.28. The fourth-order valence-corrected chi connectivity index (χ4v) is 1.41. The Hall–Kier alpha value is -0.0800. The van der Waals surface area contributed by atoms with Gasteiger partial charge in [0.1, 0.15) is 0 Å². The molecule has 2 fully saturated rings. The van der Waals surface area contributed by atoms with Crippen molar-refractivity contribution >= 4 is 0 Å². The average molecular weight is 143 g/mol. The summed E-state index contributed by atoms with van der Waals surface area (Å²) in [6.45, 7) is 8.36. The summed E-state index contributed by atoms with van der Waals surface area (Å²) in [5, 5.41) is 3.26. The van der Waals surface area contributed by atoms with Gasteiger partial charge in [-0.15, -0.1) is 0 Å². The normalized spacial score (nSPS) is 27.0. The predicted molar refractivity (Wildman–Crippen MR) is 42.1 cm³/mol. The quantitative estimate of drug-likeness (QED) is 0.546. The monoisotopic (exact) mass is 143 g/mol. The highest BCUT2D eigenvalue weighted by molar-refractivity contribution is 4.94. The van der Waals surface area contributed by atoms with Crippen molar-refractivity contribution in [3.63, 3.8) is 0 Å². The molecule has 10 heavy (non-hydrogen) atoms. The Kier molecular flexibility index (Phi) is 2.69. The first-order valence-electron chi connectivity index (χ1n) is 4.20. The van der Waals surface area contributed by atoms with Crippen molar-refractivity contribution in [2.24, 2.45) is 5.41 Å². The molecular formula is C8H17NO. The number of rotatable bonds is 0. The second-order valence-electron chi connectivity index (χ2n) is 2.91. The Morgan fingerprint density at radius 3 is 2.20 bits per heavy atom. The maximum absolute atomic E-state index is 5.26. The van der Waals surface area contributed by atoms with E-state index < -0.39 is 0 Å². The van der Waals surface area contributed by atoms with Crippen LogP contribution in [-0.2, 0) is 4.74 Å². The molecule has 0 saturated carbocycles. The molecule has 2 nitrogen and oxygen atoms in total. The molecule has 1 N–H and O–H groups in total. The molecule has 2 saturated heterocycles. The molecule has 0 aromatic carbocycles. The molecule has 2 rings (SSSR count). The van der Waals surface area contributed by atoms with E-state index in [9.17, 15) is 0 Å². The van der Waals surface area contributed by atoms with Gasteiger partial charge in [0.05, 0.1) is 6.61 Å². The highest BCUT2D eigenvalue weighted by Crippen LogP contribution is 2.31. The van der Waals surface area contributed by atoms with Gasteiger partial charge in [-0.25, -0.2) is 0 Å². The largest absolute Gasteiger partial charge is 0.381 e. The molecule has 0 bridgehead atoms. The molecule has 0 radical (unpaired) electrons. The Labute approximate surface area is 63.0 Å². The van der Waals surface area contributed by atoms with E-state index in [0.29, 0.717) is 5.41 Å². The van der Waals surface area contributed by atoms with Gasteiger partial charge in [-0.3, -0.25) is 0 Å². The third kappa shape index (κ3) is 1.32. The molecule has 2 aliphatic heterocycles. The summed E-state index contributed by atoms with van der Waals surface area (Å²) in [5.41, 5.74) is 0.583. The van der Waals surface area contributed by atoms with Crippen molar-refractivity contribution in [3.05, 3.63) is 0 Å². The molecule has 0 atom stereocenters. The van der Waals surface area contributed by atoms with Crippen molar-refractivity contribution in [1.82, 2.24) is 5.32 Å². The smallest absolute Gasteiger partial charge is 0.0547 e. The summed E-state index contributed by atoms with van der Waals surface area (Å²) in [4.78, 5) is 0. The minimum absolute atomic E-state index is 0.583. The van der Waals surface area contributed by atoms with Crippen LogP contribution in [0.2, 0.25) is 0 Å². The topological polar surface area (TPSA) is 21.3 Å². The lowest BCUT2D eigenvalue weighted by Crippen LogP contribution is -2.53. The van der Waals surface area contributed by atoms with Crippen LogP contribution in [0.3, 0.4) is 0 Å². The molecule has 2 aliphatic rings. The van der Waals surface area contributed by atoms with Crippen LogP contribution in [0, 0.1) is 5.41 Å². The van der Waals surface area contributed by atoms with Crippen LogP contribution in [0.15, 0.2) is 0 Å². The van der Waals surface area contributed by atoms with E-state index in [-0.39, 0.29) is 0 Å². The zero-order valence-electron chi connectivity index (χ0n) is 6.94. The molecule has 2 heteroatoms. The van der Waals surface area contributed by atoms with Crippen LogP contribution in [0.4, 0.5) is 0 Å². The van der Waals surface area contributed by atoms with Gasteiger partial charge >= 0.3 is 0 Å². The third-order valence-electron chi connectivity index (χ3n) is 2.18. The average Bonchev–Trinajstić information content (AvgIpc) is 2.38.